The van der Waals surface area contributed by atoms with Gasteiger partial charge in [0, 0.05) is 14.5 Å². The van der Waals surface area contributed by atoms with E-state index in [1.54, 1.807) is 0 Å². The van der Waals surface area contributed by atoms with Gasteiger partial charge in [-0.15, -0.1) is 11.3 Å². The SMILES string of the molecule is CNC(Cc1ccc(I)cc1)c1sccc1C. The van der Waals surface area contributed by atoms with Gasteiger partial charge >= 0.3 is 0 Å². The van der Waals surface area contributed by atoms with Crippen LogP contribution in [0.4, 0.5) is 0 Å². The molecule has 1 atom stereocenters. The molecule has 0 bridgehead atoms. The Bertz CT molecular complexity index is 475. The second-order valence-corrected chi connectivity index (χ2v) is 6.33. The number of nitrogens with one attached hydrogen (secondary N) is 1. The molecule has 1 unspecified atom stereocenters. The van der Waals surface area contributed by atoms with E-state index in [-0.39, 0.29) is 0 Å². The second kappa shape index (κ2) is 5.98. The van der Waals surface area contributed by atoms with Crippen molar-refractivity contribution in [1.82, 2.24) is 5.32 Å². The Balaban J connectivity index is 2.16. The molecule has 0 aliphatic rings. The van der Waals surface area contributed by atoms with Crippen LogP contribution < -0.4 is 5.32 Å². The Morgan fingerprint density at radius 2 is 1.94 bits per heavy atom. The van der Waals surface area contributed by atoms with Crippen LogP contribution in [0.2, 0.25) is 0 Å². The number of hydrogen-bond acceptors (Lipinski definition) is 2. The van der Waals surface area contributed by atoms with Crippen LogP contribution in [-0.2, 0) is 6.42 Å². The summed E-state index contributed by atoms with van der Waals surface area (Å²) < 4.78 is 1.29. The first kappa shape index (κ1) is 13.1. The van der Waals surface area contributed by atoms with Gasteiger partial charge in [-0.1, -0.05) is 12.1 Å². The molecule has 17 heavy (non-hydrogen) atoms. The van der Waals surface area contributed by atoms with Crippen molar-refractivity contribution < 1.29 is 0 Å². The summed E-state index contributed by atoms with van der Waals surface area (Å²) in [5.41, 5.74) is 2.78. The molecule has 0 fully saturated rings. The Kier molecular flexibility index (Phi) is 4.59. The lowest BCUT2D eigenvalue weighted by Crippen LogP contribution is -2.18. The first-order chi connectivity index (χ1) is 8.20. The van der Waals surface area contributed by atoms with Crippen LogP contribution in [0.3, 0.4) is 0 Å². The third kappa shape index (κ3) is 3.30. The average Bonchev–Trinajstić information content (AvgIpc) is 2.75. The smallest absolute Gasteiger partial charge is 0.0455 e. The van der Waals surface area contributed by atoms with E-state index in [0.29, 0.717) is 6.04 Å². The highest BCUT2D eigenvalue weighted by molar-refractivity contribution is 14.1. The molecular weight excluding hydrogens is 341 g/mol. The minimum atomic E-state index is 0.426. The van der Waals surface area contributed by atoms with Gasteiger partial charge in [0.1, 0.15) is 0 Å². The van der Waals surface area contributed by atoms with E-state index in [9.17, 15) is 0 Å². The highest BCUT2D eigenvalue weighted by Gasteiger charge is 2.13. The number of rotatable bonds is 4. The summed E-state index contributed by atoms with van der Waals surface area (Å²) in [7, 11) is 2.04. The van der Waals surface area contributed by atoms with Crippen LogP contribution in [0.15, 0.2) is 35.7 Å². The molecular formula is C14H16INS. The lowest BCUT2D eigenvalue weighted by atomic mass is 10.0. The van der Waals surface area contributed by atoms with Crippen molar-refractivity contribution in [3.05, 3.63) is 55.3 Å². The topological polar surface area (TPSA) is 12.0 Å². The number of thiophene rings is 1. The van der Waals surface area contributed by atoms with E-state index in [1.165, 1.54) is 19.6 Å². The summed E-state index contributed by atoms with van der Waals surface area (Å²) >= 11 is 4.18. The van der Waals surface area contributed by atoms with Crippen molar-refractivity contribution in [2.45, 2.75) is 19.4 Å². The van der Waals surface area contributed by atoms with Crippen molar-refractivity contribution in [3.8, 4) is 0 Å². The lowest BCUT2D eigenvalue weighted by molar-refractivity contribution is 0.599. The Hall–Kier alpha value is -0.390. The summed E-state index contributed by atoms with van der Waals surface area (Å²) in [6.07, 6.45) is 1.05. The van der Waals surface area contributed by atoms with E-state index < -0.39 is 0 Å². The molecule has 1 N–H and O–H groups in total. The number of benzene rings is 1. The van der Waals surface area contributed by atoms with Gasteiger partial charge in [0.25, 0.3) is 0 Å². The van der Waals surface area contributed by atoms with Crippen molar-refractivity contribution in [2.75, 3.05) is 7.05 Å². The lowest BCUT2D eigenvalue weighted by Gasteiger charge is -2.16. The molecule has 0 amide bonds. The van der Waals surface area contributed by atoms with Crippen LogP contribution in [0.25, 0.3) is 0 Å². The van der Waals surface area contributed by atoms with E-state index in [1.807, 2.05) is 18.4 Å². The molecule has 3 heteroatoms. The maximum Gasteiger partial charge on any atom is 0.0455 e. The van der Waals surface area contributed by atoms with Crippen LogP contribution in [-0.4, -0.2) is 7.05 Å². The predicted molar refractivity (Wildman–Crippen MR) is 83.7 cm³/mol. The van der Waals surface area contributed by atoms with Gasteiger partial charge in [-0.05, 0) is 77.7 Å². The van der Waals surface area contributed by atoms with Gasteiger partial charge < -0.3 is 5.32 Å². The molecule has 90 valence electrons. The van der Waals surface area contributed by atoms with Crippen molar-refractivity contribution >= 4 is 33.9 Å². The highest BCUT2D eigenvalue weighted by atomic mass is 127. The van der Waals surface area contributed by atoms with Crippen LogP contribution in [0, 0.1) is 10.5 Å². The van der Waals surface area contributed by atoms with Crippen molar-refractivity contribution in [1.29, 1.82) is 0 Å². The summed E-state index contributed by atoms with van der Waals surface area (Å²) in [6, 6.07) is 11.4. The fourth-order valence-electron chi connectivity index (χ4n) is 1.92. The molecule has 0 saturated carbocycles. The minimum absolute atomic E-state index is 0.426. The van der Waals surface area contributed by atoms with Gasteiger partial charge in [0.05, 0.1) is 0 Å². The standard InChI is InChI=1S/C14H16INS/c1-10-7-8-17-14(10)13(16-2)9-11-3-5-12(15)6-4-11/h3-8,13,16H,9H2,1-2H3. The fraction of sp³-hybridized carbons (Fsp3) is 0.286. The zero-order valence-electron chi connectivity index (χ0n) is 10.0. The zero-order valence-corrected chi connectivity index (χ0v) is 13.0. The maximum absolute atomic E-state index is 3.42. The predicted octanol–water partition coefficient (Wildman–Crippen LogP) is 4.16. The number of aryl methyl sites for hydroxylation is 1. The highest BCUT2D eigenvalue weighted by Crippen LogP contribution is 2.26. The van der Waals surface area contributed by atoms with Crippen molar-refractivity contribution in [2.24, 2.45) is 0 Å². The third-order valence-electron chi connectivity index (χ3n) is 2.92. The molecule has 0 radical (unpaired) electrons. The molecule has 0 saturated heterocycles. The summed E-state index contributed by atoms with van der Waals surface area (Å²) in [5, 5.41) is 5.59. The van der Waals surface area contributed by atoms with Gasteiger partial charge in [0.2, 0.25) is 0 Å². The van der Waals surface area contributed by atoms with E-state index in [0.717, 1.165) is 6.42 Å². The number of halogens is 1. The quantitative estimate of drug-likeness (QED) is 0.810. The number of likely N-dealkylation sites (N-methyl/N-ethyl adjacent to an activating group) is 1. The minimum Gasteiger partial charge on any atom is -0.312 e. The zero-order chi connectivity index (χ0) is 12.3. The van der Waals surface area contributed by atoms with Crippen LogP contribution in [0.5, 0.6) is 0 Å². The molecule has 0 spiro atoms. The van der Waals surface area contributed by atoms with Crippen LogP contribution >= 0.6 is 33.9 Å². The van der Waals surface area contributed by atoms with Gasteiger partial charge in [-0.25, -0.2) is 0 Å². The molecule has 2 rings (SSSR count). The van der Waals surface area contributed by atoms with Gasteiger partial charge in [-0.3, -0.25) is 0 Å². The van der Waals surface area contributed by atoms with Gasteiger partial charge in [-0.2, -0.15) is 0 Å². The molecule has 0 aliphatic heterocycles. The summed E-state index contributed by atoms with van der Waals surface area (Å²) in [5.74, 6) is 0. The molecule has 0 aliphatic carbocycles. The maximum atomic E-state index is 3.42. The molecule has 1 aromatic heterocycles. The van der Waals surface area contributed by atoms with E-state index in [4.69, 9.17) is 0 Å². The summed E-state index contributed by atoms with van der Waals surface area (Å²) in [4.78, 5) is 1.45. The normalized spacial score (nSPS) is 12.6. The Labute approximate surface area is 120 Å². The van der Waals surface area contributed by atoms with E-state index >= 15 is 0 Å². The fourth-order valence-corrected chi connectivity index (χ4v) is 3.32. The van der Waals surface area contributed by atoms with E-state index in [2.05, 4.69) is 70.5 Å². The van der Waals surface area contributed by atoms with Crippen molar-refractivity contribution in [3.63, 3.8) is 0 Å². The molecule has 2 aromatic rings. The largest absolute Gasteiger partial charge is 0.312 e. The van der Waals surface area contributed by atoms with Gasteiger partial charge in [0.15, 0.2) is 0 Å². The average molecular weight is 357 g/mol. The first-order valence-corrected chi connectivity index (χ1v) is 7.62. The Morgan fingerprint density at radius 3 is 2.47 bits per heavy atom. The summed E-state index contributed by atoms with van der Waals surface area (Å²) in [6.45, 7) is 2.18. The molecule has 1 nitrogen and oxygen atoms in total. The van der Waals surface area contributed by atoms with Crippen LogP contribution in [0.1, 0.15) is 22.0 Å². The third-order valence-corrected chi connectivity index (χ3v) is 4.77. The Morgan fingerprint density at radius 1 is 1.24 bits per heavy atom. The second-order valence-electron chi connectivity index (χ2n) is 4.14. The molecule has 1 aromatic carbocycles. The number of hydrogen-bond donors (Lipinski definition) is 1. The first-order valence-electron chi connectivity index (χ1n) is 5.66. The molecule has 1 heterocycles. The monoisotopic (exact) mass is 357 g/mol.